The summed E-state index contributed by atoms with van der Waals surface area (Å²) in [6.45, 7) is 1.65. The lowest BCUT2D eigenvalue weighted by molar-refractivity contribution is -0.114. The average Bonchev–Trinajstić information content (AvgIpc) is 3.48. The van der Waals surface area contributed by atoms with Gasteiger partial charge >= 0.3 is 0 Å². The Hall–Kier alpha value is -3.83. The minimum atomic E-state index is -0.424. The molecule has 170 valence electrons. The first-order valence-electron chi connectivity index (χ1n) is 10.2. The number of fused-ring (bicyclic) bond motifs is 1. The molecular formula is C23H17FN6O2S2. The standard InChI is InChI=1S/C23H17FN6O2S2/c1-14-25-21-17(11-12-33-21)22(32)30(14)28-19(31)13-34-23-27-26-20(16-9-5-6-10-18(16)24)29(23)15-7-3-2-4-8-15/h2-12H,13H2,1H3,(H,28,31). The smallest absolute Gasteiger partial charge is 0.272 e. The van der Waals surface area contributed by atoms with Crippen LogP contribution in [0.1, 0.15) is 5.82 Å². The number of halogens is 1. The number of carbonyl (C=O) groups is 1. The highest BCUT2D eigenvalue weighted by Crippen LogP contribution is 2.29. The molecule has 8 nitrogen and oxygen atoms in total. The lowest BCUT2D eigenvalue weighted by Gasteiger charge is -2.12. The highest BCUT2D eigenvalue weighted by Gasteiger charge is 2.20. The van der Waals surface area contributed by atoms with Gasteiger partial charge in [0.2, 0.25) is 5.91 Å². The lowest BCUT2D eigenvalue weighted by Crippen LogP contribution is -2.36. The Kier molecular flexibility index (Phi) is 5.95. The molecule has 0 fully saturated rings. The Morgan fingerprint density at radius 3 is 2.65 bits per heavy atom. The van der Waals surface area contributed by atoms with E-state index in [2.05, 4.69) is 20.6 Å². The van der Waals surface area contributed by atoms with Crippen molar-refractivity contribution >= 4 is 39.2 Å². The van der Waals surface area contributed by atoms with Crippen molar-refractivity contribution in [3.05, 3.63) is 88.0 Å². The summed E-state index contributed by atoms with van der Waals surface area (Å²) in [6, 6.07) is 17.3. The quantitative estimate of drug-likeness (QED) is 0.360. The van der Waals surface area contributed by atoms with Crippen molar-refractivity contribution in [2.24, 2.45) is 0 Å². The number of aryl methyl sites for hydroxylation is 1. The van der Waals surface area contributed by atoms with E-state index in [-0.39, 0.29) is 11.3 Å². The number of hydrogen-bond acceptors (Lipinski definition) is 7. The van der Waals surface area contributed by atoms with Crippen molar-refractivity contribution in [3.8, 4) is 17.1 Å². The van der Waals surface area contributed by atoms with Gasteiger partial charge in [-0.1, -0.05) is 42.1 Å². The maximum absolute atomic E-state index is 14.5. The molecule has 34 heavy (non-hydrogen) atoms. The molecule has 1 amide bonds. The third kappa shape index (κ3) is 4.11. The first-order chi connectivity index (χ1) is 16.5. The number of amides is 1. The molecule has 5 aromatic rings. The van der Waals surface area contributed by atoms with Crippen molar-refractivity contribution in [1.29, 1.82) is 0 Å². The summed E-state index contributed by atoms with van der Waals surface area (Å²) in [7, 11) is 0. The molecule has 5 rings (SSSR count). The fraction of sp³-hybridized carbons (Fsp3) is 0.0870. The molecule has 0 radical (unpaired) electrons. The van der Waals surface area contributed by atoms with Crippen molar-refractivity contribution < 1.29 is 9.18 Å². The van der Waals surface area contributed by atoms with Crippen molar-refractivity contribution in [2.45, 2.75) is 12.1 Å². The molecule has 0 spiro atoms. The van der Waals surface area contributed by atoms with E-state index in [4.69, 9.17) is 0 Å². The average molecular weight is 493 g/mol. The second kappa shape index (κ2) is 9.20. The van der Waals surface area contributed by atoms with Gasteiger partial charge in [-0.05, 0) is 42.6 Å². The van der Waals surface area contributed by atoms with Crippen LogP contribution in [-0.4, -0.2) is 36.1 Å². The molecular weight excluding hydrogens is 475 g/mol. The molecule has 0 saturated heterocycles. The number of rotatable bonds is 6. The molecule has 2 aromatic carbocycles. The molecule has 0 aliphatic carbocycles. The van der Waals surface area contributed by atoms with Crippen LogP contribution < -0.4 is 11.0 Å². The second-order valence-corrected chi connectivity index (χ2v) is 9.06. The number of nitrogens with one attached hydrogen (secondary N) is 1. The number of thiophene rings is 1. The molecule has 0 atom stereocenters. The Morgan fingerprint density at radius 2 is 1.85 bits per heavy atom. The maximum Gasteiger partial charge on any atom is 0.281 e. The second-order valence-electron chi connectivity index (χ2n) is 7.22. The van der Waals surface area contributed by atoms with E-state index in [1.54, 1.807) is 41.1 Å². The SMILES string of the molecule is Cc1nc2sccc2c(=O)n1NC(=O)CSc1nnc(-c2ccccc2F)n1-c1ccccc1. The van der Waals surface area contributed by atoms with Crippen LogP contribution in [0.2, 0.25) is 0 Å². The Bertz CT molecular complexity index is 1560. The van der Waals surface area contributed by atoms with Gasteiger partial charge < -0.3 is 0 Å². The van der Waals surface area contributed by atoms with Crippen LogP contribution in [0.25, 0.3) is 27.3 Å². The fourth-order valence-corrected chi connectivity index (χ4v) is 4.97. The van der Waals surface area contributed by atoms with Crippen LogP contribution >= 0.6 is 23.1 Å². The molecule has 3 aromatic heterocycles. The number of para-hydroxylation sites is 1. The third-order valence-corrected chi connectivity index (χ3v) is 6.73. The van der Waals surface area contributed by atoms with E-state index in [9.17, 15) is 14.0 Å². The first-order valence-corrected chi connectivity index (χ1v) is 12.0. The highest BCUT2D eigenvalue weighted by molar-refractivity contribution is 7.99. The summed E-state index contributed by atoms with van der Waals surface area (Å²) in [5, 5.41) is 11.0. The van der Waals surface area contributed by atoms with Gasteiger partial charge in [0, 0.05) is 5.69 Å². The van der Waals surface area contributed by atoms with Crippen LogP contribution in [-0.2, 0) is 4.79 Å². The van der Waals surface area contributed by atoms with Crippen LogP contribution in [0, 0.1) is 12.7 Å². The van der Waals surface area contributed by atoms with Crippen molar-refractivity contribution in [2.75, 3.05) is 11.2 Å². The van der Waals surface area contributed by atoms with Crippen LogP contribution in [0.4, 0.5) is 4.39 Å². The molecule has 0 unspecified atom stereocenters. The van der Waals surface area contributed by atoms with Crippen LogP contribution in [0.5, 0.6) is 0 Å². The van der Waals surface area contributed by atoms with Crippen molar-refractivity contribution in [3.63, 3.8) is 0 Å². The number of carbonyl (C=O) groups excluding carboxylic acids is 1. The minimum Gasteiger partial charge on any atom is -0.272 e. The number of hydrogen-bond donors (Lipinski definition) is 1. The van der Waals surface area contributed by atoms with Gasteiger partial charge in [0.05, 0.1) is 16.7 Å². The summed E-state index contributed by atoms with van der Waals surface area (Å²) >= 11 is 2.49. The Morgan fingerprint density at radius 1 is 1.09 bits per heavy atom. The predicted octanol–water partition coefficient (Wildman–Crippen LogP) is 4.02. The van der Waals surface area contributed by atoms with Crippen molar-refractivity contribution in [1.82, 2.24) is 24.4 Å². The number of nitrogens with zero attached hydrogens (tertiary/aromatic N) is 5. The normalized spacial score (nSPS) is 11.1. The molecule has 0 aliphatic rings. The van der Waals surface area contributed by atoms with E-state index in [0.29, 0.717) is 32.6 Å². The van der Waals surface area contributed by atoms with E-state index in [0.717, 1.165) is 22.1 Å². The van der Waals surface area contributed by atoms with Gasteiger partial charge in [0.25, 0.3) is 5.56 Å². The Labute approximate surface area is 201 Å². The minimum absolute atomic E-state index is 0.0458. The summed E-state index contributed by atoms with van der Waals surface area (Å²) in [4.78, 5) is 30.4. The first kappa shape index (κ1) is 22.0. The third-order valence-electron chi connectivity index (χ3n) is 5.00. The molecule has 3 heterocycles. The monoisotopic (exact) mass is 492 g/mol. The van der Waals surface area contributed by atoms with Gasteiger partial charge in [0.15, 0.2) is 11.0 Å². The summed E-state index contributed by atoms with van der Waals surface area (Å²) in [5.74, 6) is -0.177. The molecule has 0 saturated carbocycles. The van der Waals surface area contributed by atoms with E-state index in [1.165, 1.54) is 17.4 Å². The Balaban J connectivity index is 1.43. The van der Waals surface area contributed by atoms with Crippen LogP contribution in [0.3, 0.4) is 0 Å². The lowest BCUT2D eigenvalue weighted by atomic mass is 10.2. The van der Waals surface area contributed by atoms with E-state index < -0.39 is 11.7 Å². The zero-order chi connectivity index (χ0) is 23.7. The molecule has 0 aliphatic heterocycles. The predicted molar refractivity (Wildman–Crippen MR) is 130 cm³/mol. The largest absolute Gasteiger partial charge is 0.281 e. The van der Waals surface area contributed by atoms with E-state index >= 15 is 0 Å². The number of benzene rings is 2. The van der Waals surface area contributed by atoms with Crippen LogP contribution in [0.15, 0.2) is 76.0 Å². The summed E-state index contributed by atoms with van der Waals surface area (Å²) < 4.78 is 17.4. The maximum atomic E-state index is 14.5. The van der Waals surface area contributed by atoms with Gasteiger partial charge in [0.1, 0.15) is 16.5 Å². The fourth-order valence-electron chi connectivity index (χ4n) is 3.42. The zero-order valence-electron chi connectivity index (χ0n) is 17.8. The van der Waals surface area contributed by atoms with E-state index in [1.807, 2.05) is 30.3 Å². The van der Waals surface area contributed by atoms with Gasteiger partial charge in [-0.15, -0.1) is 21.5 Å². The number of thioether (sulfide) groups is 1. The summed E-state index contributed by atoms with van der Waals surface area (Å²) in [5.41, 5.74) is 3.30. The van der Waals surface area contributed by atoms with Gasteiger partial charge in [-0.2, -0.15) is 0 Å². The topological polar surface area (TPSA) is 94.7 Å². The molecule has 11 heteroatoms. The summed E-state index contributed by atoms with van der Waals surface area (Å²) in [6.07, 6.45) is 0. The number of aromatic nitrogens is 5. The zero-order valence-corrected chi connectivity index (χ0v) is 19.4. The molecule has 0 bridgehead atoms. The van der Waals surface area contributed by atoms with Gasteiger partial charge in [-0.3, -0.25) is 19.6 Å². The van der Waals surface area contributed by atoms with Gasteiger partial charge in [-0.25, -0.2) is 14.1 Å². The molecule has 1 N–H and O–H groups in total. The highest BCUT2D eigenvalue weighted by atomic mass is 32.2.